The van der Waals surface area contributed by atoms with Crippen LogP contribution < -0.4 is 0 Å². The van der Waals surface area contributed by atoms with Crippen molar-refractivity contribution in [2.45, 2.75) is 0 Å². The van der Waals surface area contributed by atoms with E-state index in [-0.39, 0.29) is 5.97 Å². The molecule has 0 saturated carbocycles. The van der Waals surface area contributed by atoms with Crippen molar-refractivity contribution in [3.63, 3.8) is 0 Å². The fourth-order valence-electron chi connectivity index (χ4n) is 2.50. The van der Waals surface area contributed by atoms with E-state index in [1.807, 2.05) is 48.5 Å². The maximum atomic E-state index is 11.9. The van der Waals surface area contributed by atoms with Gasteiger partial charge in [0.1, 0.15) is 0 Å². The molecule has 0 N–H and O–H groups in total. The van der Waals surface area contributed by atoms with E-state index in [2.05, 4.69) is 24.3 Å². The average Bonchev–Trinajstić information content (AvgIpc) is 2.62. The van der Waals surface area contributed by atoms with Crippen LogP contribution in [0.25, 0.3) is 22.3 Å². The Balaban J connectivity index is 1.99. The van der Waals surface area contributed by atoms with Gasteiger partial charge in [0.2, 0.25) is 0 Å². The highest BCUT2D eigenvalue weighted by atomic mass is 16.5. The first kappa shape index (κ1) is 14.1. The molecule has 0 fully saturated rings. The van der Waals surface area contributed by atoms with Crippen LogP contribution in [0.15, 0.2) is 78.9 Å². The zero-order valence-electron chi connectivity index (χ0n) is 12.3. The van der Waals surface area contributed by atoms with Gasteiger partial charge >= 0.3 is 5.97 Å². The third-order valence-corrected chi connectivity index (χ3v) is 3.64. The van der Waals surface area contributed by atoms with Crippen molar-refractivity contribution in [2.75, 3.05) is 7.11 Å². The van der Waals surface area contributed by atoms with Gasteiger partial charge in [-0.3, -0.25) is 0 Å². The van der Waals surface area contributed by atoms with E-state index in [9.17, 15) is 4.79 Å². The van der Waals surface area contributed by atoms with E-state index >= 15 is 0 Å². The second-order valence-corrected chi connectivity index (χ2v) is 4.98. The smallest absolute Gasteiger partial charge is 0.338 e. The zero-order chi connectivity index (χ0) is 15.4. The Bertz CT molecular complexity index is 774. The SMILES string of the molecule is COC(=O)c1ccccc1-c1ccc(-c2ccccc2)cc1. The number of rotatable bonds is 3. The Kier molecular flexibility index (Phi) is 4.01. The first-order valence-corrected chi connectivity index (χ1v) is 7.13. The topological polar surface area (TPSA) is 26.3 Å². The van der Waals surface area contributed by atoms with Gasteiger partial charge in [0.25, 0.3) is 0 Å². The van der Waals surface area contributed by atoms with Crippen molar-refractivity contribution in [3.8, 4) is 22.3 Å². The van der Waals surface area contributed by atoms with Crippen molar-refractivity contribution in [3.05, 3.63) is 84.4 Å². The van der Waals surface area contributed by atoms with Crippen molar-refractivity contribution < 1.29 is 9.53 Å². The molecule has 0 amide bonds. The highest BCUT2D eigenvalue weighted by Gasteiger charge is 2.12. The normalized spacial score (nSPS) is 10.2. The monoisotopic (exact) mass is 288 g/mol. The molecule has 0 bridgehead atoms. The summed E-state index contributed by atoms with van der Waals surface area (Å²) in [6.07, 6.45) is 0. The third-order valence-electron chi connectivity index (χ3n) is 3.64. The van der Waals surface area contributed by atoms with E-state index < -0.39 is 0 Å². The molecule has 3 aromatic carbocycles. The molecule has 0 saturated heterocycles. The molecular weight excluding hydrogens is 272 g/mol. The number of hydrogen-bond donors (Lipinski definition) is 0. The van der Waals surface area contributed by atoms with Gasteiger partial charge in [-0.2, -0.15) is 0 Å². The molecular formula is C20H16O2. The summed E-state index contributed by atoms with van der Waals surface area (Å²) >= 11 is 0. The van der Waals surface area contributed by atoms with E-state index in [1.54, 1.807) is 6.07 Å². The van der Waals surface area contributed by atoms with Crippen LogP contribution in [0.1, 0.15) is 10.4 Å². The first-order valence-electron chi connectivity index (χ1n) is 7.13. The molecule has 0 aromatic heterocycles. The van der Waals surface area contributed by atoms with Gasteiger partial charge in [-0.1, -0.05) is 72.8 Å². The van der Waals surface area contributed by atoms with Crippen molar-refractivity contribution in [1.82, 2.24) is 0 Å². The van der Waals surface area contributed by atoms with Crippen LogP contribution in [0.2, 0.25) is 0 Å². The minimum atomic E-state index is -0.317. The fourth-order valence-corrected chi connectivity index (χ4v) is 2.50. The number of carbonyl (C=O) groups is 1. The third kappa shape index (κ3) is 2.77. The van der Waals surface area contributed by atoms with Gasteiger partial charge in [0.15, 0.2) is 0 Å². The molecule has 108 valence electrons. The van der Waals surface area contributed by atoms with Gasteiger partial charge in [-0.05, 0) is 28.3 Å². The summed E-state index contributed by atoms with van der Waals surface area (Å²) in [4.78, 5) is 11.9. The second-order valence-electron chi connectivity index (χ2n) is 4.98. The number of carbonyl (C=O) groups excluding carboxylic acids is 1. The second kappa shape index (κ2) is 6.27. The van der Waals surface area contributed by atoms with Gasteiger partial charge < -0.3 is 4.74 Å². The first-order chi connectivity index (χ1) is 10.8. The van der Waals surface area contributed by atoms with Crippen LogP contribution in [-0.4, -0.2) is 13.1 Å². The molecule has 2 nitrogen and oxygen atoms in total. The Morgan fingerprint density at radius 2 is 1.23 bits per heavy atom. The number of hydrogen-bond acceptors (Lipinski definition) is 2. The molecule has 3 aromatic rings. The molecule has 0 heterocycles. The highest BCUT2D eigenvalue weighted by molar-refractivity contribution is 5.97. The van der Waals surface area contributed by atoms with Crippen LogP contribution in [0.4, 0.5) is 0 Å². The van der Waals surface area contributed by atoms with Crippen molar-refractivity contribution >= 4 is 5.97 Å². The largest absolute Gasteiger partial charge is 0.465 e. The summed E-state index contributed by atoms with van der Waals surface area (Å²) in [5.41, 5.74) is 4.79. The predicted octanol–water partition coefficient (Wildman–Crippen LogP) is 4.81. The summed E-state index contributed by atoms with van der Waals surface area (Å²) in [7, 11) is 1.40. The van der Waals surface area contributed by atoms with Crippen molar-refractivity contribution in [2.24, 2.45) is 0 Å². The zero-order valence-corrected chi connectivity index (χ0v) is 12.3. The summed E-state index contributed by atoms with van der Waals surface area (Å²) in [6.45, 7) is 0. The minimum Gasteiger partial charge on any atom is -0.465 e. The van der Waals surface area contributed by atoms with Gasteiger partial charge in [-0.25, -0.2) is 4.79 Å². The van der Waals surface area contributed by atoms with Gasteiger partial charge in [0.05, 0.1) is 12.7 Å². The van der Waals surface area contributed by atoms with Crippen LogP contribution in [0.5, 0.6) is 0 Å². The van der Waals surface area contributed by atoms with Gasteiger partial charge in [-0.15, -0.1) is 0 Å². The van der Waals surface area contributed by atoms with E-state index in [4.69, 9.17) is 4.74 Å². The van der Waals surface area contributed by atoms with Gasteiger partial charge in [0, 0.05) is 0 Å². The lowest BCUT2D eigenvalue weighted by atomic mass is 9.97. The van der Waals surface area contributed by atoms with E-state index in [0.29, 0.717) is 5.56 Å². The molecule has 2 heteroatoms. The molecule has 0 radical (unpaired) electrons. The molecule has 0 spiro atoms. The molecule has 0 unspecified atom stereocenters. The Hall–Kier alpha value is -2.87. The number of methoxy groups -OCH3 is 1. The van der Waals surface area contributed by atoms with Crippen molar-refractivity contribution in [1.29, 1.82) is 0 Å². The quantitative estimate of drug-likeness (QED) is 0.647. The Morgan fingerprint density at radius 1 is 0.682 bits per heavy atom. The lowest BCUT2D eigenvalue weighted by Gasteiger charge is -2.09. The highest BCUT2D eigenvalue weighted by Crippen LogP contribution is 2.27. The van der Waals surface area contributed by atoms with E-state index in [0.717, 1.165) is 16.7 Å². The maximum Gasteiger partial charge on any atom is 0.338 e. The summed E-state index contributed by atoms with van der Waals surface area (Å²) in [6, 6.07) is 25.9. The molecule has 22 heavy (non-hydrogen) atoms. The summed E-state index contributed by atoms with van der Waals surface area (Å²) < 4.78 is 4.85. The Labute approximate surface area is 130 Å². The molecule has 3 rings (SSSR count). The average molecular weight is 288 g/mol. The summed E-state index contributed by atoms with van der Waals surface area (Å²) in [5, 5.41) is 0. The minimum absolute atomic E-state index is 0.317. The Morgan fingerprint density at radius 3 is 1.91 bits per heavy atom. The predicted molar refractivity (Wildman–Crippen MR) is 88.7 cm³/mol. The van der Waals surface area contributed by atoms with Crippen LogP contribution in [0.3, 0.4) is 0 Å². The molecule has 0 aliphatic carbocycles. The fraction of sp³-hybridized carbons (Fsp3) is 0.0500. The van der Waals surface area contributed by atoms with Crippen LogP contribution in [0, 0.1) is 0 Å². The number of benzene rings is 3. The lowest BCUT2D eigenvalue weighted by Crippen LogP contribution is -2.03. The molecule has 0 aliphatic heterocycles. The van der Waals surface area contributed by atoms with Crippen LogP contribution >= 0.6 is 0 Å². The molecule has 0 aliphatic rings. The number of esters is 1. The standard InChI is InChI=1S/C20H16O2/c1-22-20(21)19-10-6-5-9-18(19)17-13-11-16(12-14-17)15-7-3-2-4-8-15/h2-14H,1H3. The molecule has 0 atom stereocenters. The lowest BCUT2D eigenvalue weighted by molar-refractivity contribution is 0.0601. The number of ether oxygens (including phenoxy) is 1. The van der Waals surface area contributed by atoms with Crippen LogP contribution in [-0.2, 0) is 4.74 Å². The maximum absolute atomic E-state index is 11.9. The summed E-state index contributed by atoms with van der Waals surface area (Å²) in [5.74, 6) is -0.317. The van der Waals surface area contributed by atoms with E-state index in [1.165, 1.54) is 12.7 Å².